The van der Waals surface area contributed by atoms with E-state index in [-0.39, 0.29) is 0 Å². The third-order valence-corrected chi connectivity index (χ3v) is 3.24. The predicted molar refractivity (Wildman–Crippen MR) is 80.0 cm³/mol. The summed E-state index contributed by atoms with van der Waals surface area (Å²) in [6, 6.07) is 8.78. The van der Waals surface area contributed by atoms with Crippen molar-refractivity contribution in [2.24, 2.45) is 7.05 Å². The van der Waals surface area contributed by atoms with Gasteiger partial charge in [-0.05, 0) is 24.1 Å². The van der Waals surface area contributed by atoms with Gasteiger partial charge < -0.3 is 5.32 Å². The molecule has 0 saturated heterocycles. The van der Waals surface area contributed by atoms with Crippen molar-refractivity contribution in [2.75, 3.05) is 6.54 Å². The van der Waals surface area contributed by atoms with Gasteiger partial charge in [0.1, 0.15) is 0 Å². The van der Waals surface area contributed by atoms with Crippen molar-refractivity contribution in [3.8, 4) is 11.1 Å². The molecule has 3 heteroatoms. The van der Waals surface area contributed by atoms with E-state index in [9.17, 15) is 0 Å². The van der Waals surface area contributed by atoms with Gasteiger partial charge >= 0.3 is 0 Å². The normalized spacial score (nSPS) is 10.9. The highest BCUT2D eigenvalue weighted by Gasteiger charge is 2.08. The van der Waals surface area contributed by atoms with Gasteiger partial charge in [0.05, 0.1) is 5.69 Å². The molecule has 0 atom stereocenters. The molecule has 2 aromatic rings. The molecule has 0 fully saturated rings. The van der Waals surface area contributed by atoms with Crippen LogP contribution in [0.15, 0.2) is 30.5 Å². The first-order valence-electron chi connectivity index (χ1n) is 7.07. The molecule has 19 heavy (non-hydrogen) atoms. The van der Waals surface area contributed by atoms with Crippen LogP contribution >= 0.6 is 0 Å². The van der Waals surface area contributed by atoms with Crippen LogP contribution in [-0.4, -0.2) is 16.3 Å². The predicted octanol–water partition coefficient (Wildman–Crippen LogP) is 3.15. The molecule has 1 N–H and O–H groups in total. The maximum atomic E-state index is 4.55. The van der Waals surface area contributed by atoms with E-state index in [2.05, 4.69) is 54.7 Å². The number of aromatic nitrogens is 2. The molecule has 0 aliphatic rings. The lowest BCUT2D eigenvalue weighted by molar-refractivity contribution is 0.727. The second-order valence-corrected chi connectivity index (χ2v) is 4.89. The van der Waals surface area contributed by atoms with E-state index in [0.29, 0.717) is 0 Å². The number of aryl methyl sites for hydroxylation is 2. The van der Waals surface area contributed by atoms with Crippen LogP contribution in [0.25, 0.3) is 11.1 Å². The van der Waals surface area contributed by atoms with E-state index in [4.69, 9.17) is 0 Å². The smallest absolute Gasteiger partial charge is 0.0702 e. The van der Waals surface area contributed by atoms with Gasteiger partial charge in [-0.2, -0.15) is 5.10 Å². The molecule has 1 aromatic carbocycles. The largest absolute Gasteiger partial charge is 0.313 e. The van der Waals surface area contributed by atoms with Crippen LogP contribution in [-0.2, 0) is 20.0 Å². The third kappa shape index (κ3) is 3.44. The summed E-state index contributed by atoms with van der Waals surface area (Å²) in [5.74, 6) is 0. The molecular weight excluding hydrogens is 234 g/mol. The summed E-state index contributed by atoms with van der Waals surface area (Å²) in [5.41, 5.74) is 5.05. The average molecular weight is 257 g/mol. The van der Waals surface area contributed by atoms with Crippen LogP contribution in [0.2, 0.25) is 0 Å². The van der Waals surface area contributed by atoms with Crippen molar-refractivity contribution in [3.05, 3.63) is 41.7 Å². The molecule has 0 unspecified atom stereocenters. The van der Waals surface area contributed by atoms with Gasteiger partial charge in [0.25, 0.3) is 0 Å². The second kappa shape index (κ2) is 6.53. The molecule has 1 heterocycles. The van der Waals surface area contributed by atoms with Crippen LogP contribution in [0.4, 0.5) is 0 Å². The Morgan fingerprint density at radius 1 is 1.16 bits per heavy atom. The van der Waals surface area contributed by atoms with Gasteiger partial charge in [-0.1, -0.05) is 44.5 Å². The molecule has 3 nitrogen and oxygen atoms in total. The van der Waals surface area contributed by atoms with E-state index >= 15 is 0 Å². The Hall–Kier alpha value is -1.61. The van der Waals surface area contributed by atoms with Crippen LogP contribution in [0.1, 0.15) is 31.5 Å². The molecule has 0 spiro atoms. The van der Waals surface area contributed by atoms with Gasteiger partial charge in [0, 0.05) is 25.4 Å². The third-order valence-electron chi connectivity index (χ3n) is 3.24. The van der Waals surface area contributed by atoms with Crippen molar-refractivity contribution in [3.63, 3.8) is 0 Å². The van der Waals surface area contributed by atoms with Crippen LogP contribution in [0.3, 0.4) is 0 Å². The lowest BCUT2D eigenvalue weighted by Crippen LogP contribution is -2.11. The van der Waals surface area contributed by atoms with E-state index in [1.807, 2.05) is 11.7 Å². The molecule has 0 amide bonds. The summed E-state index contributed by atoms with van der Waals surface area (Å²) >= 11 is 0. The molecule has 0 bridgehead atoms. The minimum Gasteiger partial charge on any atom is -0.313 e. The van der Waals surface area contributed by atoms with Gasteiger partial charge in [0.15, 0.2) is 0 Å². The maximum Gasteiger partial charge on any atom is 0.0702 e. The molecule has 2 rings (SSSR count). The zero-order valence-electron chi connectivity index (χ0n) is 12.1. The number of hydrogen-bond donors (Lipinski definition) is 1. The summed E-state index contributed by atoms with van der Waals surface area (Å²) in [5, 5.41) is 7.90. The summed E-state index contributed by atoms with van der Waals surface area (Å²) in [4.78, 5) is 0. The highest BCUT2D eigenvalue weighted by atomic mass is 15.2. The van der Waals surface area contributed by atoms with E-state index in [0.717, 1.165) is 25.9 Å². The highest BCUT2D eigenvalue weighted by Crippen LogP contribution is 2.24. The zero-order chi connectivity index (χ0) is 13.7. The number of nitrogens with zero attached hydrogens (tertiary/aromatic N) is 2. The fourth-order valence-electron chi connectivity index (χ4n) is 2.27. The van der Waals surface area contributed by atoms with Gasteiger partial charge in [-0.3, -0.25) is 4.68 Å². The molecule has 102 valence electrons. The summed E-state index contributed by atoms with van der Waals surface area (Å²) in [6.07, 6.45) is 4.28. The van der Waals surface area contributed by atoms with Crippen molar-refractivity contribution in [1.29, 1.82) is 0 Å². The number of hydrogen-bond acceptors (Lipinski definition) is 2. The zero-order valence-corrected chi connectivity index (χ0v) is 12.1. The first-order chi connectivity index (χ1) is 9.24. The lowest BCUT2D eigenvalue weighted by atomic mass is 10.0. The van der Waals surface area contributed by atoms with E-state index < -0.39 is 0 Å². The minimum absolute atomic E-state index is 0.936. The molecule has 0 radical (unpaired) electrons. The number of rotatable bonds is 6. The Bertz CT molecular complexity index is 511. The number of benzene rings is 1. The molecule has 0 aliphatic carbocycles. The standard InChI is InChI=1S/C16H23N3/c1-4-6-16-15(12-19(3)18-16)14-9-7-13(8-10-14)11-17-5-2/h7-10,12,17H,4-6,11H2,1-3H3. The van der Waals surface area contributed by atoms with Crippen molar-refractivity contribution < 1.29 is 0 Å². The Labute approximate surface area is 115 Å². The van der Waals surface area contributed by atoms with Gasteiger partial charge in [-0.15, -0.1) is 0 Å². The van der Waals surface area contributed by atoms with Crippen molar-refractivity contribution in [1.82, 2.24) is 15.1 Å². The minimum atomic E-state index is 0.936. The van der Waals surface area contributed by atoms with E-state index in [1.54, 1.807) is 0 Å². The van der Waals surface area contributed by atoms with E-state index in [1.165, 1.54) is 22.4 Å². The average Bonchev–Trinajstić information content (AvgIpc) is 2.78. The summed E-state index contributed by atoms with van der Waals surface area (Å²) in [6.45, 7) is 6.26. The monoisotopic (exact) mass is 257 g/mol. The first kappa shape index (κ1) is 13.8. The van der Waals surface area contributed by atoms with Crippen LogP contribution in [0, 0.1) is 0 Å². The summed E-state index contributed by atoms with van der Waals surface area (Å²) in [7, 11) is 1.99. The van der Waals surface area contributed by atoms with Gasteiger partial charge in [-0.25, -0.2) is 0 Å². The Morgan fingerprint density at radius 2 is 1.89 bits per heavy atom. The quantitative estimate of drug-likeness (QED) is 0.861. The van der Waals surface area contributed by atoms with Crippen LogP contribution in [0.5, 0.6) is 0 Å². The topological polar surface area (TPSA) is 29.9 Å². The van der Waals surface area contributed by atoms with Crippen LogP contribution < -0.4 is 5.32 Å². The fourth-order valence-corrected chi connectivity index (χ4v) is 2.27. The van der Waals surface area contributed by atoms with Gasteiger partial charge in [0.2, 0.25) is 0 Å². The lowest BCUT2D eigenvalue weighted by Gasteiger charge is -2.05. The highest BCUT2D eigenvalue weighted by molar-refractivity contribution is 5.65. The fraction of sp³-hybridized carbons (Fsp3) is 0.438. The second-order valence-electron chi connectivity index (χ2n) is 4.89. The Kier molecular flexibility index (Phi) is 4.74. The SMILES string of the molecule is CCCc1nn(C)cc1-c1ccc(CNCC)cc1. The maximum absolute atomic E-state index is 4.55. The number of nitrogens with one attached hydrogen (secondary N) is 1. The molecule has 0 aliphatic heterocycles. The summed E-state index contributed by atoms with van der Waals surface area (Å²) < 4.78 is 1.91. The molecular formula is C16H23N3. The Morgan fingerprint density at radius 3 is 2.53 bits per heavy atom. The molecule has 0 saturated carbocycles. The van der Waals surface area contributed by atoms with Crippen molar-refractivity contribution >= 4 is 0 Å². The molecule has 1 aromatic heterocycles. The van der Waals surface area contributed by atoms with Crippen molar-refractivity contribution in [2.45, 2.75) is 33.2 Å². The Balaban J connectivity index is 2.21. The first-order valence-corrected chi connectivity index (χ1v) is 7.07.